The molecule has 1 unspecified atom stereocenters. The van der Waals surface area contributed by atoms with Gasteiger partial charge in [-0.25, -0.2) is 0 Å². The van der Waals surface area contributed by atoms with E-state index in [4.69, 9.17) is 11.2 Å². The minimum Gasteiger partial charge on any atom is -0.0616 e. The average Bonchev–Trinajstić information content (AvgIpc) is 2.73. The molecule has 0 fully saturated rings. The Labute approximate surface area is 111 Å². The molecule has 0 saturated heterocycles. The Morgan fingerprint density at radius 2 is 1.39 bits per heavy atom. The molecule has 4 aromatic rings. The highest BCUT2D eigenvalue weighted by Gasteiger charge is 2.11. The predicted molar refractivity (Wildman–Crippen MR) is 82.9 cm³/mol. The maximum Gasteiger partial charge on any atom is 0.0249 e. The molecule has 0 N–H and O–H groups in total. The summed E-state index contributed by atoms with van der Waals surface area (Å²) in [4.78, 5) is 0. The molecule has 18 heavy (non-hydrogen) atoms. The highest BCUT2D eigenvalue weighted by atomic mass is 35.7. The fraction of sp³-hybridized carbons (Fsp3) is 0. The van der Waals surface area contributed by atoms with E-state index >= 15 is 0 Å². The number of fused-ring (bicyclic) bond motifs is 5. The molecule has 0 amide bonds. The molecule has 0 aliphatic rings. The largest absolute Gasteiger partial charge is 0.0616 e. The fourth-order valence-corrected chi connectivity index (χ4v) is 5.35. The smallest absolute Gasteiger partial charge is 0.0249 e. The van der Waals surface area contributed by atoms with E-state index in [0.717, 1.165) is 0 Å². The highest BCUT2D eigenvalue weighted by Crippen LogP contribution is 2.54. The van der Waals surface area contributed by atoms with Crippen LogP contribution in [0.4, 0.5) is 0 Å². The summed E-state index contributed by atoms with van der Waals surface area (Å²) in [5.41, 5.74) is 0. The van der Waals surface area contributed by atoms with Gasteiger partial charge in [-0.05, 0) is 34.5 Å². The SMILES string of the molecule is Clp1c2ccccc2c2ccc3ccccc3c21. The van der Waals surface area contributed by atoms with Gasteiger partial charge in [0.25, 0.3) is 0 Å². The van der Waals surface area contributed by atoms with Crippen LogP contribution in [-0.2, 0) is 0 Å². The van der Waals surface area contributed by atoms with Gasteiger partial charge in [-0.3, -0.25) is 0 Å². The first-order valence-corrected chi connectivity index (χ1v) is 8.18. The van der Waals surface area contributed by atoms with Crippen molar-refractivity contribution < 1.29 is 0 Å². The van der Waals surface area contributed by atoms with E-state index in [1.54, 1.807) is 0 Å². The first-order valence-electron chi connectivity index (χ1n) is 5.93. The molecule has 1 atom stereocenters. The first kappa shape index (κ1) is 10.4. The molecule has 4 rings (SSSR count). The molecule has 0 radical (unpaired) electrons. The standard InChI is InChI=1S/C16H10ClP/c17-18-15-8-4-3-7-13(15)14-10-9-11-5-1-2-6-12(11)16(14)18/h1-10H. The number of rotatable bonds is 0. The van der Waals surface area contributed by atoms with Crippen LogP contribution >= 0.6 is 18.1 Å². The average molecular weight is 269 g/mol. The summed E-state index contributed by atoms with van der Waals surface area (Å²) < 4.78 is 0. The summed E-state index contributed by atoms with van der Waals surface area (Å²) in [6.45, 7) is -0.724. The molecule has 0 nitrogen and oxygen atoms in total. The van der Waals surface area contributed by atoms with Gasteiger partial charge in [-0.2, -0.15) is 0 Å². The van der Waals surface area contributed by atoms with Gasteiger partial charge in [0.15, 0.2) is 0 Å². The zero-order chi connectivity index (χ0) is 12.1. The lowest BCUT2D eigenvalue weighted by atomic mass is 10.1. The predicted octanol–water partition coefficient (Wildman–Crippen LogP) is 6.13. The second kappa shape index (κ2) is 3.75. The van der Waals surface area contributed by atoms with E-state index in [0.29, 0.717) is 0 Å². The second-order valence-electron chi connectivity index (χ2n) is 4.48. The fourth-order valence-electron chi connectivity index (χ4n) is 2.68. The van der Waals surface area contributed by atoms with Crippen LogP contribution in [0.5, 0.6) is 0 Å². The third-order valence-corrected chi connectivity index (χ3v) is 6.24. The van der Waals surface area contributed by atoms with Crippen molar-refractivity contribution in [2.75, 3.05) is 0 Å². The summed E-state index contributed by atoms with van der Waals surface area (Å²) in [5, 5.41) is 7.81. The number of hydrogen-bond donors (Lipinski definition) is 0. The van der Waals surface area contributed by atoms with Crippen LogP contribution < -0.4 is 0 Å². The zero-order valence-electron chi connectivity index (χ0n) is 9.60. The molecule has 1 aromatic heterocycles. The number of benzene rings is 3. The lowest BCUT2D eigenvalue weighted by molar-refractivity contribution is 1.82. The van der Waals surface area contributed by atoms with Gasteiger partial charge in [-0.1, -0.05) is 65.8 Å². The Bertz CT molecular complexity index is 889. The molecule has 3 aromatic carbocycles. The van der Waals surface area contributed by atoms with Crippen LogP contribution in [0.15, 0.2) is 60.7 Å². The summed E-state index contributed by atoms with van der Waals surface area (Å²) >= 11 is 6.72. The Kier molecular flexibility index (Phi) is 2.17. The van der Waals surface area contributed by atoms with Crippen molar-refractivity contribution in [3.63, 3.8) is 0 Å². The number of halogens is 1. The molecular formula is C16H10ClP. The van der Waals surface area contributed by atoms with E-state index in [1.165, 1.54) is 31.8 Å². The van der Waals surface area contributed by atoms with E-state index < -0.39 is 6.89 Å². The van der Waals surface area contributed by atoms with Gasteiger partial charge >= 0.3 is 0 Å². The van der Waals surface area contributed by atoms with Gasteiger partial charge in [-0.15, -0.1) is 0 Å². The molecule has 2 heteroatoms. The summed E-state index contributed by atoms with van der Waals surface area (Å²) in [5.74, 6) is 0. The van der Waals surface area contributed by atoms with Crippen LogP contribution in [0.25, 0.3) is 31.8 Å². The van der Waals surface area contributed by atoms with Crippen molar-refractivity contribution in [1.82, 2.24) is 0 Å². The maximum atomic E-state index is 6.72. The molecular weight excluding hydrogens is 259 g/mol. The minimum absolute atomic E-state index is 0.724. The minimum atomic E-state index is -0.724. The molecule has 0 aliphatic carbocycles. The van der Waals surface area contributed by atoms with E-state index in [1.807, 2.05) is 0 Å². The Morgan fingerprint density at radius 3 is 2.28 bits per heavy atom. The lowest BCUT2D eigenvalue weighted by Gasteiger charge is -2.00. The number of hydrogen-bond acceptors (Lipinski definition) is 0. The molecule has 0 aliphatic heterocycles. The van der Waals surface area contributed by atoms with Crippen LogP contribution in [0.1, 0.15) is 0 Å². The van der Waals surface area contributed by atoms with Crippen LogP contribution in [0.3, 0.4) is 0 Å². The normalized spacial score (nSPS) is 12.6. The summed E-state index contributed by atoms with van der Waals surface area (Å²) in [6.07, 6.45) is 0. The Morgan fingerprint density at radius 1 is 0.667 bits per heavy atom. The van der Waals surface area contributed by atoms with Crippen molar-refractivity contribution in [3.05, 3.63) is 60.7 Å². The monoisotopic (exact) mass is 268 g/mol. The molecule has 0 saturated carbocycles. The van der Waals surface area contributed by atoms with Gasteiger partial charge in [0, 0.05) is 10.2 Å². The van der Waals surface area contributed by atoms with Gasteiger partial charge in [0.1, 0.15) is 0 Å². The van der Waals surface area contributed by atoms with Crippen molar-refractivity contribution in [1.29, 1.82) is 0 Å². The summed E-state index contributed by atoms with van der Waals surface area (Å²) in [7, 11) is 0. The van der Waals surface area contributed by atoms with E-state index in [-0.39, 0.29) is 0 Å². The first-order chi connectivity index (χ1) is 8.86. The van der Waals surface area contributed by atoms with Gasteiger partial charge in [0.05, 0.1) is 0 Å². The van der Waals surface area contributed by atoms with Crippen molar-refractivity contribution in [3.8, 4) is 0 Å². The van der Waals surface area contributed by atoms with Gasteiger partial charge < -0.3 is 0 Å². The lowest BCUT2D eigenvalue weighted by Crippen LogP contribution is -1.71. The highest BCUT2D eigenvalue weighted by molar-refractivity contribution is 7.86. The Hall–Kier alpha value is -1.49. The van der Waals surface area contributed by atoms with Crippen LogP contribution in [0.2, 0.25) is 0 Å². The summed E-state index contributed by atoms with van der Waals surface area (Å²) in [6, 6.07) is 21.4. The third kappa shape index (κ3) is 1.28. The van der Waals surface area contributed by atoms with Crippen LogP contribution in [-0.4, -0.2) is 0 Å². The van der Waals surface area contributed by atoms with Crippen molar-refractivity contribution in [2.45, 2.75) is 0 Å². The Balaban J connectivity index is 2.39. The zero-order valence-corrected chi connectivity index (χ0v) is 11.2. The quantitative estimate of drug-likeness (QED) is 0.359. The third-order valence-electron chi connectivity index (χ3n) is 3.50. The van der Waals surface area contributed by atoms with E-state index in [9.17, 15) is 0 Å². The van der Waals surface area contributed by atoms with Gasteiger partial charge in [0.2, 0.25) is 0 Å². The topological polar surface area (TPSA) is 0 Å². The van der Waals surface area contributed by atoms with Crippen LogP contribution in [0, 0.1) is 0 Å². The molecule has 0 bridgehead atoms. The second-order valence-corrected chi connectivity index (χ2v) is 6.99. The molecule has 1 heterocycles. The molecule has 86 valence electrons. The van der Waals surface area contributed by atoms with Crippen molar-refractivity contribution in [2.24, 2.45) is 0 Å². The molecule has 0 spiro atoms. The van der Waals surface area contributed by atoms with E-state index in [2.05, 4.69) is 60.7 Å². The maximum absolute atomic E-state index is 6.72. The van der Waals surface area contributed by atoms with Crippen molar-refractivity contribution >= 4 is 49.9 Å².